The highest BCUT2D eigenvalue weighted by Gasteiger charge is 2.13. The highest BCUT2D eigenvalue weighted by molar-refractivity contribution is 5.98. The maximum Gasteiger partial charge on any atom is 0.313 e. The normalized spacial score (nSPS) is 9.40. The Bertz CT molecular complexity index is 281. The van der Waals surface area contributed by atoms with Crippen LogP contribution in [0.2, 0.25) is 0 Å². The maximum absolute atomic E-state index is 10.7. The number of rotatable bonds is 7. The Morgan fingerprint density at radius 3 is 2.07 bits per heavy atom. The quantitative estimate of drug-likeness (QED) is 0.395. The number of carboxylic acid groups (broad SMARTS) is 1. The molecule has 0 aromatic carbocycles. The van der Waals surface area contributed by atoms with Gasteiger partial charge in [0.15, 0.2) is 18.2 Å². The minimum absolute atomic E-state index is 0.628. The van der Waals surface area contributed by atoms with Gasteiger partial charge >= 0.3 is 11.9 Å². The molecule has 2 N–H and O–H groups in total. The number of esters is 1. The Morgan fingerprint density at radius 1 is 1.00 bits per heavy atom. The lowest BCUT2D eigenvalue weighted by Gasteiger charge is -2.01. The fourth-order valence-electron chi connectivity index (χ4n) is 0.649. The van der Waals surface area contributed by atoms with E-state index in [9.17, 15) is 19.2 Å². The minimum Gasteiger partial charge on any atom is -0.481 e. The third-order valence-electron chi connectivity index (χ3n) is 1.26. The van der Waals surface area contributed by atoms with Crippen LogP contribution in [0.15, 0.2) is 0 Å². The first-order valence-corrected chi connectivity index (χ1v) is 3.97. The van der Waals surface area contributed by atoms with Crippen molar-refractivity contribution in [3.05, 3.63) is 0 Å². The molecule has 0 fully saturated rings. The smallest absolute Gasteiger partial charge is 0.313 e. The van der Waals surface area contributed by atoms with E-state index in [0.717, 1.165) is 0 Å². The molecule has 0 aliphatic carbocycles. The van der Waals surface area contributed by atoms with Gasteiger partial charge in [-0.25, -0.2) is 0 Å². The number of hydrogen-bond donors (Lipinski definition) is 2. The molecule has 0 saturated carbocycles. The van der Waals surface area contributed by atoms with Gasteiger partial charge < -0.3 is 14.9 Å². The third kappa shape index (κ3) is 7.32. The van der Waals surface area contributed by atoms with Gasteiger partial charge in [0.05, 0.1) is 0 Å². The SMILES string of the molecule is O=C(O)CC(=O)COC(=O)CC(=O)CO. The van der Waals surface area contributed by atoms with Crippen molar-refractivity contribution >= 4 is 23.5 Å². The summed E-state index contributed by atoms with van der Waals surface area (Å²) in [5, 5.41) is 16.5. The van der Waals surface area contributed by atoms with Crippen LogP contribution in [-0.2, 0) is 23.9 Å². The van der Waals surface area contributed by atoms with Crippen molar-refractivity contribution in [3.8, 4) is 0 Å². The first-order chi connectivity index (χ1) is 6.95. The van der Waals surface area contributed by atoms with Crippen molar-refractivity contribution in [1.29, 1.82) is 0 Å². The molecule has 0 aliphatic heterocycles. The number of carboxylic acids is 1. The minimum atomic E-state index is -1.32. The topological polar surface area (TPSA) is 118 Å². The summed E-state index contributed by atoms with van der Waals surface area (Å²) >= 11 is 0. The van der Waals surface area contributed by atoms with Gasteiger partial charge in [0.2, 0.25) is 0 Å². The molecule has 0 atom stereocenters. The molecule has 0 heterocycles. The second kappa shape index (κ2) is 6.66. The van der Waals surface area contributed by atoms with Crippen LogP contribution in [-0.4, -0.2) is 46.9 Å². The van der Waals surface area contributed by atoms with Gasteiger partial charge in [0.25, 0.3) is 0 Å². The summed E-state index contributed by atoms with van der Waals surface area (Å²) in [6.07, 6.45) is -1.36. The summed E-state index contributed by atoms with van der Waals surface area (Å²) in [5.41, 5.74) is 0. The molecule has 0 aromatic heterocycles. The van der Waals surface area contributed by atoms with E-state index in [-0.39, 0.29) is 0 Å². The Morgan fingerprint density at radius 2 is 1.60 bits per heavy atom. The highest BCUT2D eigenvalue weighted by Crippen LogP contribution is 1.91. The number of ether oxygens (including phenoxy) is 1. The summed E-state index contributed by atoms with van der Waals surface area (Å²) < 4.78 is 4.29. The van der Waals surface area contributed by atoms with E-state index in [0.29, 0.717) is 0 Å². The second-order valence-electron chi connectivity index (χ2n) is 2.64. The van der Waals surface area contributed by atoms with Gasteiger partial charge in [-0.15, -0.1) is 0 Å². The molecule has 0 spiro atoms. The Kier molecular flexibility index (Phi) is 5.88. The Labute approximate surface area is 84.6 Å². The van der Waals surface area contributed by atoms with Crippen LogP contribution in [0.5, 0.6) is 0 Å². The van der Waals surface area contributed by atoms with Gasteiger partial charge in [-0.2, -0.15) is 0 Å². The summed E-state index contributed by atoms with van der Waals surface area (Å²) in [4.78, 5) is 42.0. The molecule has 0 radical (unpaired) electrons. The second-order valence-corrected chi connectivity index (χ2v) is 2.64. The average molecular weight is 218 g/mol. The first kappa shape index (κ1) is 13.2. The zero-order chi connectivity index (χ0) is 11.8. The fraction of sp³-hybridized carbons (Fsp3) is 0.500. The zero-order valence-corrected chi connectivity index (χ0v) is 7.76. The van der Waals surface area contributed by atoms with Crippen LogP contribution < -0.4 is 0 Å². The summed E-state index contributed by atoms with van der Waals surface area (Å²) in [5.74, 6) is -3.78. The van der Waals surface area contributed by atoms with Crippen molar-refractivity contribution in [1.82, 2.24) is 0 Å². The monoisotopic (exact) mass is 218 g/mol. The number of aliphatic hydroxyl groups is 1. The largest absolute Gasteiger partial charge is 0.481 e. The predicted octanol–water partition coefficient (Wildman–Crippen LogP) is -1.48. The standard InChI is InChI=1S/C8H10O7/c9-3-5(10)2-8(14)15-4-6(11)1-7(12)13/h9H,1-4H2,(H,12,13). The van der Waals surface area contributed by atoms with Crippen molar-refractivity contribution in [2.45, 2.75) is 12.8 Å². The van der Waals surface area contributed by atoms with Crippen molar-refractivity contribution < 1.29 is 34.1 Å². The molecule has 0 rings (SSSR count). The molecular formula is C8H10O7. The van der Waals surface area contributed by atoms with Crippen molar-refractivity contribution in [2.75, 3.05) is 13.2 Å². The van der Waals surface area contributed by atoms with Gasteiger partial charge in [-0.1, -0.05) is 0 Å². The average Bonchev–Trinajstić information content (AvgIpc) is 2.13. The van der Waals surface area contributed by atoms with Crippen LogP contribution in [0.1, 0.15) is 12.8 Å². The molecule has 0 amide bonds. The highest BCUT2D eigenvalue weighted by atomic mass is 16.5. The van der Waals surface area contributed by atoms with E-state index >= 15 is 0 Å². The molecular weight excluding hydrogens is 208 g/mol. The Balaban J connectivity index is 3.76. The summed E-state index contributed by atoms with van der Waals surface area (Å²) in [6.45, 7) is -1.46. The van der Waals surface area contributed by atoms with E-state index in [2.05, 4.69) is 4.74 Å². The van der Waals surface area contributed by atoms with Gasteiger partial charge in [0, 0.05) is 0 Å². The van der Waals surface area contributed by atoms with Crippen molar-refractivity contribution in [2.24, 2.45) is 0 Å². The lowest BCUT2D eigenvalue weighted by Crippen LogP contribution is -2.19. The molecule has 7 heteroatoms. The van der Waals surface area contributed by atoms with E-state index < -0.39 is 49.6 Å². The molecule has 15 heavy (non-hydrogen) atoms. The first-order valence-electron chi connectivity index (χ1n) is 3.97. The Hall–Kier alpha value is -1.76. The van der Waals surface area contributed by atoms with E-state index in [1.807, 2.05) is 0 Å². The number of aliphatic hydroxyl groups excluding tert-OH is 1. The van der Waals surface area contributed by atoms with Crippen LogP contribution >= 0.6 is 0 Å². The van der Waals surface area contributed by atoms with Crippen LogP contribution in [0, 0.1) is 0 Å². The molecule has 0 aromatic rings. The van der Waals surface area contributed by atoms with E-state index in [1.54, 1.807) is 0 Å². The number of aliphatic carboxylic acids is 1. The molecule has 7 nitrogen and oxygen atoms in total. The van der Waals surface area contributed by atoms with Crippen LogP contribution in [0.4, 0.5) is 0 Å². The fourth-order valence-corrected chi connectivity index (χ4v) is 0.649. The molecule has 0 unspecified atom stereocenters. The lowest BCUT2D eigenvalue weighted by atomic mass is 10.3. The third-order valence-corrected chi connectivity index (χ3v) is 1.26. The van der Waals surface area contributed by atoms with Gasteiger partial charge in [-0.05, 0) is 0 Å². The molecule has 0 saturated heterocycles. The molecule has 0 aliphatic rings. The molecule has 84 valence electrons. The van der Waals surface area contributed by atoms with Crippen LogP contribution in [0.25, 0.3) is 0 Å². The number of ketones is 2. The number of Topliss-reactive ketones (excluding diaryl/α,β-unsaturated/α-hetero) is 2. The van der Waals surface area contributed by atoms with Gasteiger partial charge in [-0.3, -0.25) is 19.2 Å². The number of carbonyl (C=O) groups is 4. The predicted molar refractivity (Wildman–Crippen MR) is 44.9 cm³/mol. The van der Waals surface area contributed by atoms with E-state index in [4.69, 9.17) is 10.2 Å². The summed E-state index contributed by atoms with van der Waals surface area (Å²) in [7, 11) is 0. The zero-order valence-electron chi connectivity index (χ0n) is 7.76. The molecule has 0 bridgehead atoms. The number of carbonyl (C=O) groups excluding carboxylic acids is 3. The lowest BCUT2D eigenvalue weighted by molar-refractivity contribution is -0.152. The number of hydrogen-bond acceptors (Lipinski definition) is 6. The van der Waals surface area contributed by atoms with Gasteiger partial charge in [0.1, 0.15) is 19.4 Å². The summed E-state index contributed by atoms with van der Waals surface area (Å²) in [6, 6.07) is 0. The van der Waals surface area contributed by atoms with Crippen molar-refractivity contribution in [3.63, 3.8) is 0 Å². The maximum atomic E-state index is 10.7. The van der Waals surface area contributed by atoms with E-state index in [1.165, 1.54) is 0 Å². The van der Waals surface area contributed by atoms with Crippen LogP contribution in [0.3, 0.4) is 0 Å².